The summed E-state index contributed by atoms with van der Waals surface area (Å²) in [5.41, 5.74) is 1.51. The van der Waals surface area contributed by atoms with Gasteiger partial charge in [-0.3, -0.25) is 13.9 Å². The smallest absolute Gasteiger partial charge is 0.264 e. The lowest BCUT2D eigenvalue weighted by Gasteiger charge is -2.34. The predicted octanol–water partition coefficient (Wildman–Crippen LogP) is 6.48. The van der Waals surface area contributed by atoms with Crippen LogP contribution in [0.1, 0.15) is 38.3 Å². The average molecular weight is 625 g/mol. The summed E-state index contributed by atoms with van der Waals surface area (Å²) in [7, 11) is -4.19. The number of nitrogens with one attached hydrogen (secondary N) is 1. The minimum Gasteiger partial charge on any atom is -0.352 e. The first-order chi connectivity index (χ1) is 18.8. The van der Waals surface area contributed by atoms with Crippen molar-refractivity contribution < 1.29 is 18.0 Å². The summed E-state index contributed by atoms with van der Waals surface area (Å²) in [5.74, 6) is -0.918. The number of anilines is 1. The molecule has 0 radical (unpaired) electrons. The number of amides is 2. The molecule has 2 amide bonds. The van der Waals surface area contributed by atoms with Crippen molar-refractivity contribution in [1.82, 2.24) is 10.2 Å². The Morgan fingerprint density at radius 1 is 0.925 bits per heavy atom. The Bertz CT molecular complexity index is 1470. The average Bonchev–Trinajstić information content (AvgIpc) is 2.90. The third-order valence-corrected chi connectivity index (χ3v) is 8.95. The van der Waals surface area contributed by atoms with Crippen molar-refractivity contribution in [2.75, 3.05) is 10.8 Å². The lowest BCUT2D eigenvalue weighted by molar-refractivity contribution is -0.140. The molecule has 0 aliphatic heterocycles. The number of aryl methyl sites for hydroxylation is 1. The fourth-order valence-electron chi connectivity index (χ4n) is 4.22. The van der Waals surface area contributed by atoms with E-state index in [0.717, 1.165) is 4.31 Å². The molecule has 0 aliphatic carbocycles. The number of sulfonamides is 1. The Hall–Kier alpha value is -2.78. The van der Waals surface area contributed by atoms with Crippen LogP contribution < -0.4 is 9.62 Å². The van der Waals surface area contributed by atoms with E-state index in [-0.39, 0.29) is 29.1 Å². The molecule has 0 saturated carbocycles. The van der Waals surface area contributed by atoms with E-state index in [1.165, 1.54) is 23.1 Å². The zero-order valence-electron chi connectivity index (χ0n) is 22.7. The van der Waals surface area contributed by atoms with Gasteiger partial charge in [0, 0.05) is 17.6 Å². The molecule has 7 nitrogen and oxygen atoms in total. The molecule has 0 heterocycles. The summed E-state index contributed by atoms with van der Waals surface area (Å²) >= 11 is 18.6. The molecule has 1 N–H and O–H groups in total. The Morgan fingerprint density at radius 3 is 2.20 bits per heavy atom. The van der Waals surface area contributed by atoms with E-state index >= 15 is 0 Å². The van der Waals surface area contributed by atoms with E-state index in [4.69, 9.17) is 34.8 Å². The van der Waals surface area contributed by atoms with E-state index in [9.17, 15) is 18.0 Å². The highest BCUT2D eigenvalue weighted by Gasteiger charge is 2.34. The number of hydrogen-bond donors (Lipinski definition) is 1. The first kappa shape index (κ1) is 31.7. The van der Waals surface area contributed by atoms with Gasteiger partial charge in [0.1, 0.15) is 12.6 Å². The van der Waals surface area contributed by atoms with Crippen LogP contribution in [0.15, 0.2) is 71.6 Å². The summed E-state index contributed by atoms with van der Waals surface area (Å²) in [6.45, 7) is 6.62. The Labute approximate surface area is 251 Å². The molecule has 214 valence electrons. The van der Waals surface area contributed by atoms with Crippen LogP contribution in [0.25, 0.3) is 0 Å². The molecule has 0 saturated heterocycles. The summed E-state index contributed by atoms with van der Waals surface area (Å²) in [5, 5.41) is 3.83. The van der Waals surface area contributed by atoms with Gasteiger partial charge in [-0.1, -0.05) is 72.1 Å². The van der Waals surface area contributed by atoms with Crippen molar-refractivity contribution in [3.63, 3.8) is 0 Å². The standard InChI is InChI=1S/C29H32Cl3N3O4S/c1-5-26(29(37)33-19(2)3)34(17-21-12-14-24(31)25(32)15-21)28(36)18-35(27-16-22(30)13-11-20(27)4)40(38,39)23-9-7-6-8-10-23/h6-16,19,26H,5,17-18H2,1-4H3,(H,33,37)/t26-/m1/s1. The zero-order valence-corrected chi connectivity index (χ0v) is 25.8. The summed E-state index contributed by atoms with van der Waals surface area (Å²) in [6, 6.07) is 16.6. The van der Waals surface area contributed by atoms with Crippen molar-refractivity contribution in [2.45, 2.75) is 57.6 Å². The fraction of sp³-hybridized carbons (Fsp3) is 0.310. The number of nitrogens with zero attached hydrogens (tertiary/aromatic N) is 2. The molecule has 40 heavy (non-hydrogen) atoms. The normalized spacial score (nSPS) is 12.2. The van der Waals surface area contributed by atoms with Gasteiger partial charge in [0.2, 0.25) is 11.8 Å². The largest absolute Gasteiger partial charge is 0.352 e. The molecule has 0 aliphatic rings. The Balaban J connectivity index is 2.11. The highest BCUT2D eigenvalue weighted by molar-refractivity contribution is 7.92. The van der Waals surface area contributed by atoms with Gasteiger partial charge in [0.25, 0.3) is 10.0 Å². The lowest BCUT2D eigenvalue weighted by Crippen LogP contribution is -2.53. The molecule has 3 rings (SSSR count). The first-order valence-electron chi connectivity index (χ1n) is 12.7. The van der Waals surface area contributed by atoms with Crippen LogP contribution in [-0.2, 0) is 26.2 Å². The number of rotatable bonds is 11. The Kier molecular flexibility index (Phi) is 10.9. The number of hydrogen-bond acceptors (Lipinski definition) is 4. The number of carbonyl (C=O) groups excluding carboxylic acids is 2. The van der Waals surface area contributed by atoms with Crippen LogP contribution in [0, 0.1) is 6.92 Å². The minimum absolute atomic E-state index is 0.00744. The second-order valence-electron chi connectivity index (χ2n) is 9.61. The van der Waals surface area contributed by atoms with E-state index in [0.29, 0.717) is 32.6 Å². The fourth-order valence-corrected chi connectivity index (χ4v) is 6.20. The molecule has 3 aromatic carbocycles. The van der Waals surface area contributed by atoms with Gasteiger partial charge in [-0.15, -0.1) is 0 Å². The third kappa shape index (κ3) is 7.69. The van der Waals surface area contributed by atoms with Gasteiger partial charge in [-0.05, 0) is 74.7 Å². The lowest BCUT2D eigenvalue weighted by atomic mass is 10.1. The first-order valence-corrected chi connectivity index (χ1v) is 15.3. The third-order valence-electron chi connectivity index (χ3n) is 6.20. The molecule has 0 spiro atoms. The van der Waals surface area contributed by atoms with Crippen molar-refractivity contribution in [2.24, 2.45) is 0 Å². The monoisotopic (exact) mass is 623 g/mol. The number of benzene rings is 3. The highest BCUT2D eigenvalue weighted by atomic mass is 35.5. The van der Waals surface area contributed by atoms with E-state index in [2.05, 4.69) is 5.32 Å². The maximum Gasteiger partial charge on any atom is 0.264 e. The molecule has 0 bridgehead atoms. The van der Waals surface area contributed by atoms with E-state index in [1.807, 2.05) is 13.8 Å². The molecule has 0 fully saturated rings. The van der Waals surface area contributed by atoms with Crippen molar-refractivity contribution in [3.8, 4) is 0 Å². The van der Waals surface area contributed by atoms with Crippen LogP contribution in [0.4, 0.5) is 5.69 Å². The van der Waals surface area contributed by atoms with Crippen LogP contribution in [0.2, 0.25) is 15.1 Å². The van der Waals surface area contributed by atoms with Crippen LogP contribution in [-0.4, -0.2) is 43.8 Å². The summed E-state index contributed by atoms with van der Waals surface area (Å²) in [6.07, 6.45) is 0.299. The van der Waals surface area contributed by atoms with Crippen molar-refractivity contribution in [1.29, 1.82) is 0 Å². The minimum atomic E-state index is -4.19. The molecular formula is C29H32Cl3N3O4S. The molecular weight excluding hydrogens is 593 g/mol. The van der Waals surface area contributed by atoms with Crippen molar-refractivity contribution >= 4 is 62.3 Å². The summed E-state index contributed by atoms with van der Waals surface area (Å²) in [4.78, 5) is 28.7. The van der Waals surface area contributed by atoms with Gasteiger partial charge in [0.05, 0.1) is 20.6 Å². The quantitative estimate of drug-likeness (QED) is 0.265. The maximum atomic E-state index is 14.1. The van der Waals surface area contributed by atoms with Gasteiger partial charge in [-0.2, -0.15) is 0 Å². The molecule has 3 aromatic rings. The predicted molar refractivity (Wildman–Crippen MR) is 162 cm³/mol. The Morgan fingerprint density at radius 2 is 1.60 bits per heavy atom. The van der Waals surface area contributed by atoms with E-state index in [1.54, 1.807) is 62.4 Å². The van der Waals surface area contributed by atoms with Crippen LogP contribution >= 0.6 is 34.8 Å². The topological polar surface area (TPSA) is 86.8 Å². The molecule has 0 unspecified atom stereocenters. The van der Waals surface area contributed by atoms with Gasteiger partial charge in [0.15, 0.2) is 0 Å². The molecule has 1 atom stereocenters. The zero-order chi connectivity index (χ0) is 29.6. The second-order valence-corrected chi connectivity index (χ2v) is 12.7. The van der Waals surface area contributed by atoms with Crippen molar-refractivity contribution in [3.05, 3.63) is 92.9 Å². The SMILES string of the molecule is CC[C@H](C(=O)NC(C)C)N(Cc1ccc(Cl)c(Cl)c1)C(=O)CN(c1cc(Cl)ccc1C)S(=O)(=O)c1ccccc1. The van der Waals surface area contributed by atoms with Gasteiger partial charge < -0.3 is 10.2 Å². The summed E-state index contributed by atoms with van der Waals surface area (Å²) < 4.78 is 28.9. The number of halogens is 3. The van der Waals surface area contributed by atoms with Gasteiger partial charge in [-0.25, -0.2) is 8.42 Å². The highest BCUT2D eigenvalue weighted by Crippen LogP contribution is 2.30. The molecule has 11 heteroatoms. The van der Waals surface area contributed by atoms with Crippen LogP contribution in [0.3, 0.4) is 0 Å². The number of carbonyl (C=O) groups is 2. The second kappa shape index (κ2) is 13.7. The van der Waals surface area contributed by atoms with Gasteiger partial charge >= 0.3 is 0 Å². The van der Waals surface area contributed by atoms with Crippen LogP contribution in [0.5, 0.6) is 0 Å². The maximum absolute atomic E-state index is 14.1. The molecule has 0 aromatic heterocycles. The van der Waals surface area contributed by atoms with E-state index < -0.39 is 28.5 Å².